The molecular weight excluding hydrogens is 308 g/mol. The number of nitrogens with one attached hydrogen (secondary N) is 1. The molecule has 0 spiro atoms. The Kier molecular flexibility index (Phi) is 4.41. The number of aliphatic carboxylic acids is 1. The molecule has 1 aromatic heterocycles. The van der Waals surface area contributed by atoms with E-state index in [9.17, 15) is 9.59 Å². The van der Waals surface area contributed by atoms with E-state index in [2.05, 4.69) is 15.3 Å². The van der Waals surface area contributed by atoms with E-state index in [1.165, 1.54) is 4.90 Å². The van der Waals surface area contributed by atoms with E-state index in [1.54, 1.807) is 18.3 Å². The number of amides is 2. The molecule has 1 fully saturated rings. The van der Waals surface area contributed by atoms with Gasteiger partial charge in [-0.3, -0.25) is 4.79 Å². The van der Waals surface area contributed by atoms with Crippen LogP contribution in [0.1, 0.15) is 12.1 Å². The zero-order chi connectivity index (χ0) is 17.1. The van der Waals surface area contributed by atoms with Crippen molar-refractivity contribution in [2.24, 2.45) is 5.92 Å². The van der Waals surface area contributed by atoms with Crippen LogP contribution < -0.4 is 5.32 Å². The molecule has 7 nitrogen and oxygen atoms in total. The molecule has 1 unspecified atom stereocenters. The number of likely N-dealkylation sites (tertiary alicyclic amines) is 1. The van der Waals surface area contributed by atoms with Crippen LogP contribution in [0.4, 0.5) is 10.5 Å². The second kappa shape index (κ2) is 6.66. The normalized spacial score (nSPS) is 16.9. The van der Waals surface area contributed by atoms with Gasteiger partial charge in [-0.1, -0.05) is 12.1 Å². The first kappa shape index (κ1) is 15.9. The summed E-state index contributed by atoms with van der Waals surface area (Å²) >= 11 is 0. The molecule has 1 atom stereocenters. The fourth-order valence-corrected chi connectivity index (χ4v) is 2.67. The highest BCUT2D eigenvalue weighted by molar-refractivity contribution is 5.90. The van der Waals surface area contributed by atoms with E-state index in [4.69, 9.17) is 5.11 Å². The highest BCUT2D eigenvalue weighted by Crippen LogP contribution is 2.21. The molecule has 124 valence electrons. The lowest BCUT2D eigenvalue weighted by Gasteiger charge is -2.17. The Morgan fingerprint density at radius 2 is 2.17 bits per heavy atom. The highest BCUT2D eigenvalue weighted by atomic mass is 16.4. The SMILES string of the molecule is Cc1ccnc(-c2cccc(NC(=O)N3CCC(C(=O)O)C3)c2)n1. The van der Waals surface area contributed by atoms with Gasteiger partial charge in [0.1, 0.15) is 0 Å². The molecule has 1 aromatic carbocycles. The van der Waals surface area contributed by atoms with Gasteiger partial charge >= 0.3 is 12.0 Å². The molecule has 0 radical (unpaired) electrons. The molecular formula is C17H18N4O3. The molecule has 0 aliphatic carbocycles. The van der Waals surface area contributed by atoms with Crippen LogP contribution in [0.5, 0.6) is 0 Å². The Balaban J connectivity index is 1.71. The largest absolute Gasteiger partial charge is 0.481 e. The molecule has 2 aromatic rings. The Morgan fingerprint density at radius 3 is 2.88 bits per heavy atom. The van der Waals surface area contributed by atoms with Gasteiger partial charge < -0.3 is 15.3 Å². The van der Waals surface area contributed by atoms with Gasteiger partial charge in [-0.15, -0.1) is 0 Å². The summed E-state index contributed by atoms with van der Waals surface area (Å²) in [4.78, 5) is 33.4. The average molecular weight is 326 g/mol. The van der Waals surface area contributed by atoms with Gasteiger partial charge in [0.2, 0.25) is 0 Å². The van der Waals surface area contributed by atoms with E-state index in [0.29, 0.717) is 24.5 Å². The fraction of sp³-hybridized carbons (Fsp3) is 0.294. The van der Waals surface area contributed by atoms with Crippen LogP contribution in [-0.4, -0.2) is 45.1 Å². The Labute approximate surface area is 139 Å². The van der Waals surface area contributed by atoms with Crippen molar-refractivity contribution in [1.82, 2.24) is 14.9 Å². The van der Waals surface area contributed by atoms with E-state index in [1.807, 2.05) is 25.1 Å². The summed E-state index contributed by atoms with van der Waals surface area (Å²) in [5.74, 6) is -0.745. The lowest BCUT2D eigenvalue weighted by molar-refractivity contribution is -0.141. The third kappa shape index (κ3) is 3.51. The molecule has 1 saturated heterocycles. The molecule has 2 amide bonds. The van der Waals surface area contributed by atoms with Crippen molar-refractivity contribution in [1.29, 1.82) is 0 Å². The lowest BCUT2D eigenvalue weighted by Crippen LogP contribution is -2.33. The van der Waals surface area contributed by atoms with Gasteiger partial charge in [0.15, 0.2) is 5.82 Å². The smallest absolute Gasteiger partial charge is 0.321 e. The molecule has 1 aliphatic rings. The number of nitrogens with zero attached hydrogens (tertiary/aromatic N) is 3. The predicted octanol–water partition coefficient (Wildman–Crippen LogP) is 2.39. The number of rotatable bonds is 3. The molecule has 24 heavy (non-hydrogen) atoms. The maximum Gasteiger partial charge on any atom is 0.321 e. The van der Waals surface area contributed by atoms with Crippen LogP contribution in [0.3, 0.4) is 0 Å². The summed E-state index contributed by atoms with van der Waals surface area (Å²) in [6, 6.07) is 8.81. The molecule has 7 heteroatoms. The number of benzene rings is 1. The third-order valence-corrected chi connectivity index (χ3v) is 3.99. The lowest BCUT2D eigenvalue weighted by atomic mass is 10.1. The standard InChI is InChI=1S/C17H18N4O3/c1-11-5-7-18-15(19-11)12-3-2-4-14(9-12)20-17(24)21-8-6-13(10-21)16(22)23/h2-5,7,9,13H,6,8,10H2,1H3,(H,20,24)(H,22,23). The summed E-state index contributed by atoms with van der Waals surface area (Å²) in [6.45, 7) is 2.58. The first-order chi connectivity index (χ1) is 11.5. The molecule has 3 rings (SSSR count). The van der Waals surface area contributed by atoms with Crippen molar-refractivity contribution in [3.8, 4) is 11.4 Å². The number of carbonyl (C=O) groups is 2. The molecule has 1 aliphatic heterocycles. The van der Waals surface area contributed by atoms with E-state index in [0.717, 1.165) is 11.3 Å². The number of aryl methyl sites for hydroxylation is 1. The van der Waals surface area contributed by atoms with Crippen LogP contribution >= 0.6 is 0 Å². The number of anilines is 1. The number of aromatic nitrogens is 2. The minimum Gasteiger partial charge on any atom is -0.481 e. The van der Waals surface area contributed by atoms with Crippen molar-refractivity contribution >= 4 is 17.7 Å². The van der Waals surface area contributed by atoms with Crippen LogP contribution in [-0.2, 0) is 4.79 Å². The molecule has 0 bridgehead atoms. The maximum absolute atomic E-state index is 12.3. The van der Waals surface area contributed by atoms with Gasteiger partial charge in [0.25, 0.3) is 0 Å². The van der Waals surface area contributed by atoms with E-state index < -0.39 is 11.9 Å². The van der Waals surface area contributed by atoms with Crippen molar-refractivity contribution in [3.05, 3.63) is 42.2 Å². The Morgan fingerprint density at radius 1 is 1.33 bits per heavy atom. The van der Waals surface area contributed by atoms with E-state index >= 15 is 0 Å². The Hall–Kier alpha value is -2.96. The van der Waals surface area contributed by atoms with Crippen molar-refractivity contribution < 1.29 is 14.7 Å². The topological polar surface area (TPSA) is 95.4 Å². The number of carbonyl (C=O) groups excluding carboxylic acids is 1. The highest BCUT2D eigenvalue weighted by Gasteiger charge is 2.30. The number of carboxylic acid groups (broad SMARTS) is 1. The third-order valence-electron chi connectivity index (χ3n) is 3.99. The van der Waals surface area contributed by atoms with Gasteiger partial charge in [-0.25, -0.2) is 14.8 Å². The fourth-order valence-electron chi connectivity index (χ4n) is 2.67. The second-order valence-electron chi connectivity index (χ2n) is 5.80. The van der Waals surface area contributed by atoms with E-state index in [-0.39, 0.29) is 12.6 Å². The average Bonchev–Trinajstić information content (AvgIpc) is 3.05. The number of carboxylic acids is 1. The zero-order valence-corrected chi connectivity index (χ0v) is 13.3. The molecule has 2 N–H and O–H groups in total. The van der Waals surface area contributed by atoms with Gasteiger partial charge in [-0.05, 0) is 31.5 Å². The minimum absolute atomic E-state index is 0.238. The summed E-state index contributed by atoms with van der Waals surface area (Å²) in [7, 11) is 0. The first-order valence-electron chi connectivity index (χ1n) is 7.72. The monoisotopic (exact) mass is 326 g/mol. The van der Waals surface area contributed by atoms with Crippen LogP contribution in [0.25, 0.3) is 11.4 Å². The van der Waals surface area contributed by atoms with Gasteiger partial charge in [-0.2, -0.15) is 0 Å². The van der Waals surface area contributed by atoms with Crippen LogP contribution in [0, 0.1) is 12.8 Å². The summed E-state index contributed by atoms with van der Waals surface area (Å²) in [5, 5.41) is 11.8. The van der Waals surface area contributed by atoms with Crippen molar-refractivity contribution in [2.45, 2.75) is 13.3 Å². The van der Waals surface area contributed by atoms with Crippen LogP contribution in [0.15, 0.2) is 36.5 Å². The van der Waals surface area contributed by atoms with Crippen LogP contribution in [0.2, 0.25) is 0 Å². The predicted molar refractivity (Wildman–Crippen MR) is 88.5 cm³/mol. The summed E-state index contributed by atoms with van der Waals surface area (Å²) in [5.41, 5.74) is 2.30. The molecule has 2 heterocycles. The summed E-state index contributed by atoms with van der Waals surface area (Å²) < 4.78 is 0. The Bertz CT molecular complexity index is 778. The quantitative estimate of drug-likeness (QED) is 0.903. The molecule has 0 saturated carbocycles. The zero-order valence-electron chi connectivity index (χ0n) is 13.3. The van der Waals surface area contributed by atoms with Gasteiger partial charge in [0, 0.05) is 36.2 Å². The number of hydrogen-bond acceptors (Lipinski definition) is 4. The van der Waals surface area contributed by atoms with Gasteiger partial charge in [0.05, 0.1) is 5.92 Å². The second-order valence-corrected chi connectivity index (χ2v) is 5.80. The number of urea groups is 1. The summed E-state index contributed by atoms with van der Waals surface area (Å²) in [6.07, 6.45) is 2.18. The van der Waals surface area contributed by atoms with Crippen molar-refractivity contribution in [3.63, 3.8) is 0 Å². The first-order valence-corrected chi connectivity index (χ1v) is 7.72. The van der Waals surface area contributed by atoms with Crippen molar-refractivity contribution in [2.75, 3.05) is 18.4 Å². The number of hydrogen-bond donors (Lipinski definition) is 2. The maximum atomic E-state index is 12.3. The minimum atomic E-state index is -0.858.